The van der Waals surface area contributed by atoms with Gasteiger partial charge in [-0.25, -0.2) is 0 Å². The normalized spacial score (nSPS) is 12.1. The van der Waals surface area contributed by atoms with Crippen LogP contribution >= 0.6 is 0 Å². The molecule has 0 aliphatic carbocycles. The molecule has 0 aromatic heterocycles. The molecule has 0 aliphatic rings. The van der Waals surface area contributed by atoms with E-state index in [1.807, 2.05) is 0 Å². The molecule has 0 spiro atoms. The molecular formula is C51H94O6. The van der Waals surface area contributed by atoms with E-state index in [-0.39, 0.29) is 31.1 Å². The van der Waals surface area contributed by atoms with Crippen LogP contribution in [0.2, 0.25) is 0 Å². The first-order chi connectivity index (χ1) is 28.0. The maximum Gasteiger partial charge on any atom is 0.306 e. The van der Waals surface area contributed by atoms with Gasteiger partial charge in [0.25, 0.3) is 0 Å². The van der Waals surface area contributed by atoms with Crippen LogP contribution in [0.1, 0.15) is 265 Å². The lowest BCUT2D eigenvalue weighted by Crippen LogP contribution is -2.30. The fraction of sp³-hybridized carbons (Fsp3) is 0.863. The highest BCUT2D eigenvalue weighted by molar-refractivity contribution is 5.71. The van der Waals surface area contributed by atoms with E-state index in [1.54, 1.807) is 0 Å². The lowest BCUT2D eigenvalue weighted by Gasteiger charge is -2.18. The van der Waals surface area contributed by atoms with Gasteiger partial charge in [-0.1, -0.05) is 206 Å². The number of carbonyl (C=O) groups is 3. The van der Waals surface area contributed by atoms with Crippen LogP contribution in [-0.2, 0) is 28.6 Å². The predicted molar refractivity (Wildman–Crippen MR) is 243 cm³/mol. The highest BCUT2D eigenvalue weighted by atomic mass is 16.6. The molecule has 0 aromatic rings. The zero-order valence-electron chi connectivity index (χ0n) is 38.1. The van der Waals surface area contributed by atoms with Crippen LogP contribution in [0, 0.1) is 0 Å². The van der Waals surface area contributed by atoms with Crippen molar-refractivity contribution in [3.05, 3.63) is 24.3 Å². The summed E-state index contributed by atoms with van der Waals surface area (Å²) in [7, 11) is 0. The summed E-state index contributed by atoms with van der Waals surface area (Å²) in [5.74, 6) is -0.883. The van der Waals surface area contributed by atoms with E-state index in [9.17, 15) is 14.4 Å². The zero-order chi connectivity index (χ0) is 41.5. The molecule has 1 atom stereocenters. The van der Waals surface area contributed by atoms with Crippen LogP contribution in [-0.4, -0.2) is 37.2 Å². The van der Waals surface area contributed by atoms with Crippen molar-refractivity contribution >= 4 is 17.9 Å². The Hall–Kier alpha value is -2.11. The average molecular weight is 803 g/mol. The first kappa shape index (κ1) is 54.9. The van der Waals surface area contributed by atoms with E-state index in [4.69, 9.17) is 14.2 Å². The lowest BCUT2D eigenvalue weighted by atomic mass is 10.1. The quantitative estimate of drug-likeness (QED) is 0.0264. The standard InChI is InChI=1S/C51H94O6/c1-4-7-10-13-16-19-21-22-23-24-25-26-27-28-29-30-31-33-35-38-41-44-50(53)56-47-48(46-55-49(52)43-40-37-34-18-15-12-9-6-3)57-51(54)45-42-39-36-32-20-17-14-11-8-5-2/h11,14,24-25,48H,4-10,12-13,15-23,26-47H2,1-3H3/b14-11-,25-24-. The van der Waals surface area contributed by atoms with Crippen LogP contribution in [0.3, 0.4) is 0 Å². The number of esters is 3. The van der Waals surface area contributed by atoms with Gasteiger partial charge >= 0.3 is 17.9 Å². The molecule has 0 bridgehead atoms. The third-order valence-electron chi connectivity index (χ3n) is 10.9. The van der Waals surface area contributed by atoms with Crippen molar-refractivity contribution in [3.8, 4) is 0 Å². The molecule has 0 heterocycles. The average Bonchev–Trinajstić information content (AvgIpc) is 3.21. The molecule has 0 radical (unpaired) electrons. The molecule has 1 unspecified atom stereocenters. The fourth-order valence-electron chi connectivity index (χ4n) is 7.15. The van der Waals surface area contributed by atoms with Gasteiger partial charge in [0.15, 0.2) is 6.10 Å². The van der Waals surface area contributed by atoms with Gasteiger partial charge in [-0.2, -0.15) is 0 Å². The van der Waals surface area contributed by atoms with E-state index in [2.05, 4.69) is 45.1 Å². The molecule has 0 fully saturated rings. The molecular weight excluding hydrogens is 709 g/mol. The zero-order valence-corrected chi connectivity index (χ0v) is 38.1. The molecule has 6 nitrogen and oxygen atoms in total. The van der Waals surface area contributed by atoms with Crippen molar-refractivity contribution in [2.45, 2.75) is 271 Å². The summed E-state index contributed by atoms with van der Waals surface area (Å²) in [6.45, 7) is 6.55. The summed E-state index contributed by atoms with van der Waals surface area (Å²) in [6, 6.07) is 0. The number of carbonyl (C=O) groups excluding carboxylic acids is 3. The van der Waals surface area contributed by atoms with Gasteiger partial charge in [0.1, 0.15) is 13.2 Å². The predicted octanol–water partition coefficient (Wildman–Crippen LogP) is 16.0. The van der Waals surface area contributed by atoms with Gasteiger partial charge in [0.05, 0.1) is 0 Å². The molecule has 0 saturated heterocycles. The molecule has 0 aliphatic heterocycles. The van der Waals surface area contributed by atoms with Crippen molar-refractivity contribution in [1.29, 1.82) is 0 Å². The number of ether oxygens (including phenoxy) is 3. The summed E-state index contributed by atoms with van der Waals surface area (Å²) < 4.78 is 16.7. The molecule has 334 valence electrons. The maximum absolute atomic E-state index is 12.7. The minimum Gasteiger partial charge on any atom is -0.462 e. The van der Waals surface area contributed by atoms with Gasteiger partial charge in [0, 0.05) is 19.3 Å². The molecule has 0 aromatic carbocycles. The second-order valence-corrected chi connectivity index (χ2v) is 16.7. The Bertz CT molecular complexity index is 927. The Kier molecular flexibility index (Phi) is 44.9. The second kappa shape index (κ2) is 46.6. The van der Waals surface area contributed by atoms with E-state index in [0.29, 0.717) is 19.3 Å². The third kappa shape index (κ3) is 44.8. The van der Waals surface area contributed by atoms with Crippen LogP contribution in [0.4, 0.5) is 0 Å². The highest BCUT2D eigenvalue weighted by Gasteiger charge is 2.19. The van der Waals surface area contributed by atoms with Gasteiger partial charge < -0.3 is 14.2 Å². The SMILES string of the molecule is CCC/C=C\CCCCCCCC(=O)OC(COC(=O)CCCCCCCCCC)COC(=O)CCCCCCCCCCC/C=C\CCCCCCCCCC. The minimum atomic E-state index is -0.769. The van der Waals surface area contributed by atoms with Gasteiger partial charge in [-0.15, -0.1) is 0 Å². The Morgan fingerprint density at radius 2 is 0.614 bits per heavy atom. The second-order valence-electron chi connectivity index (χ2n) is 16.7. The smallest absolute Gasteiger partial charge is 0.306 e. The van der Waals surface area contributed by atoms with Gasteiger partial charge in [-0.05, 0) is 64.2 Å². The fourth-order valence-corrected chi connectivity index (χ4v) is 7.15. The summed E-state index contributed by atoms with van der Waals surface area (Å²) in [5.41, 5.74) is 0. The highest BCUT2D eigenvalue weighted by Crippen LogP contribution is 2.15. The monoisotopic (exact) mass is 803 g/mol. The Balaban J connectivity index is 4.17. The molecule has 0 rings (SSSR count). The minimum absolute atomic E-state index is 0.0729. The number of hydrogen-bond acceptors (Lipinski definition) is 6. The van der Waals surface area contributed by atoms with Crippen molar-refractivity contribution in [1.82, 2.24) is 0 Å². The summed E-state index contributed by atoms with van der Waals surface area (Å²) in [4.78, 5) is 37.7. The van der Waals surface area contributed by atoms with Crippen molar-refractivity contribution in [2.24, 2.45) is 0 Å². The summed E-state index contributed by atoms with van der Waals surface area (Å²) in [5, 5.41) is 0. The summed E-state index contributed by atoms with van der Waals surface area (Å²) in [6.07, 6.45) is 51.8. The van der Waals surface area contributed by atoms with Gasteiger partial charge in [-0.3, -0.25) is 14.4 Å². The number of allylic oxidation sites excluding steroid dienone is 4. The molecule has 57 heavy (non-hydrogen) atoms. The first-order valence-corrected chi connectivity index (χ1v) is 24.8. The van der Waals surface area contributed by atoms with E-state index in [0.717, 1.165) is 77.0 Å². The maximum atomic E-state index is 12.7. The number of rotatable bonds is 45. The van der Waals surface area contributed by atoms with Crippen molar-refractivity contribution < 1.29 is 28.6 Å². The number of unbranched alkanes of at least 4 members (excludes halogenated alkanes) is 30. The summed E-state index contributed by atoms with van der Waals surface area (Å²) >= 11 is 0. The molecule has 6 heteroatoms. The molecule has 0 amide bonds. The van der Waals surface area contributed by atoms with Gasteiger partial charge in [0.2, 0.25) is 0 Å². The Morgan fingerprint density at radius 1 is 0.333 bits per heavy atom. The van der Waals surface area contributed by atoms with Crippen molar-refractivity contribution in [2.75, 3.05) is 13.2 Å². The topological polar surface area (TPSA) is 78.9 Å². The lowest BCUT2D eigenvalue weighted by molar-refractivity contribution is -0.167. The number of hydrogen-bond donors (Lipinski definition) is 0. The van der Waals surface area contributed by atoms with E-state index >= 15 is 0 Å². The van der Waals surface area contributed by atoms with Crippen LogP contribution < -0.4 is 0 Å². The van der Waals surface area contributed by atoms with Crippen LogP contribution in [0.5, 0.6) is 0 Å². The molecule has 0 N–H and O–H groups in total. The first-order valence-electron chi connectivity index (χ1n) is 24.8. The van der Waals surface area contributed by atoms with Crippen molar-refractivity contribution in [3.63, 3.8) is 0 Å². The largest absolute Gasteiger partial charge is 0.462 e. The Morgan fingerprint density at radius 3 is 0.947 bits per heavy atom. The van der Waals surface area contributed by atoms with E-state index in [1.165, 1.54) is 148 Å². The third-order valence-corrected chi connectivity index (χ3v) is 10.9. The van der Waals surface area contributed by atoms with Crippen LogP contribution in [0.25, 0.3) is 0 Å². The Labute approximate surface area is 353 Å². The van der Waals surface area contributed by atoms with Crippen LogP contribution in [0.15, 0.2) is 24.3 Å². The molecule has 0 saturated carbocycles. The van der Waals surface area contributed by atoms with E-state index < -0.39 is 6.10 Å².